The van der Waals surface area contributed by atoms with Gasteiger partial charge in [-0.2, -0.15) is 0 Å². The lowest BCUT2D eigenvalue weighted by Crippen LogP contribution is -2.35. The van der Waals surface area contributed by atoms with Gasteiger partial charge in [0, 0.05) is 24.7 Å². The van der Waals surface area contributed by atoms with Gasteiger partial charge in [0.15, 0.2) is 5.82 Å². The third-order valence-electron chi connectivity index (χ3n) is 5.43. The monoisotopic (exact) mass is 421 g/mol. The molecule has 0 radical (unpaired) electrons. The molecule has 1 aromatic heterocycles. The molecule has 31 heavy (non-hydrogen) atoms. The quantitative estimate of drug-likeness (QED) is 0.643. The van der Waals surface area contributed by atoms with Crippen LogP contribution in [0.15, 0.2) is 48.5 Å². The molecule has 1 N–H and O–H groups in total. The molecule has 0 fully saturated rings. The summed E-state index contributed by atoms with van der Waals surface area (Å²) in [4.78, 5) is 15.0. The smallest absolute Gasteiger partial charge is 0.326 e. The highest BCUT2D eigenvalue weighted by atomic mass is 16.5. The van der Waals surface area contributed by atoms with Crippen LogP contribution in [0, 0.1) is 0 Å². The highest BCUT2D eigenvalue weighted by molar-refractivity contribution is 6.02. The molecule has 0 spiro atoms. The molecule has 8 nitrogen and oxygen atoms in total. The fourth-order valence-electron chi connectivity index (χ4n) is 3.81. The van der Waals surface area contributed by atoms with E-state index in [-0.39, 0.29) is 12.6 Å². The summed E-state index contributed by atoms with van der Waals surface area (Å²) < 4.78 is 12.9. The minimum Gasteiger partial charge on any atom is -0.497 e. The summed E-state index contributed by atoms with van der Waals surface area (Å²) in [7, 11) is 3.19. The molecule has 3 aromatic rings. The zero-order valence-corrected chi connectivity index (χ0v) is 17.9. The lowest BCUT2D eigenvalue weighted by molar-refractivity contribution is 0.256. The first kappa shape index (κ1) is 20.7. The number of carbonyl (C=O) groups is 1. The van der Waals surface area contributed by atoms with Crippen LogP contribution in [-0.2, 0) is 19.5 Å². The van der Waals surface area contributed by atoms with E-state index in [9.17, 15) is 4.79 Å². The molecule has 2 amide bonds. The van der Waals surface area contributed by atoms with Crippen molar-refractivity contribution in [2.75, 3.05) is 24.4 Å². The van der Waals surface area contributed by atoms with Crippen LogP contribution in [0.5, 0.6) is 11.5 Å². The van der Waals surface area contributed by atoms with Crippen molar-refractivity contribution in [3.8, 4) is 11.5 Å². The zero-order valence-electron chi connectivity index (χ0n) is 17.9. The van der Waals surface area contributed by atoms with Crippen molar-refractivity contribution < 1.29 is 14.3 Å². The summed E-state index contributed by atoms with van der Waals surface area (Å²) in [5.41, 5.74) is 1.31. The molecular formula is C23H27N5O3. The summed E-state index contributed by atoms with van der Waals surface area (Å²) in [5, 5.41) is 11.8. The number of ether oxygens (including phenoxy) is 2. The first-order valence-corrected chi connectivity index (χ1v) is 10.5. The van der Waals surface area contributed by atoms with E-state index in [0.717, 1.165) is 37.5 Å². The van der Waals surface area contributed by atoms with Gasteiger partial charge in [0.2, 0.25) is 0 Å². The number of para-hydroxylation sites is 2. The van der Waals surface area contributed by atoms with Crippen molar-refractivity contribution >= 4 is 17.4 Å². The van der Waals surface area contributed by atoms with Crippen molar-refractivity contribution in [1.82, 2.24) is 14.8 Å². The number of amides is 2. The minimum atomic E-state index is -0.288. The summed E-state index contributed by atoms with van der Waals surface area (Å²) >= 11 is 0. The number of nitrogens with one attached hydrogen (secondary N) is 1. The summed E-state index contributed by atoms with van der Waals surface area (Å²) in [6, 6.07) is 14.4. The Bertz CT molecular complexity index is 1050. The number of carbonyl (C=O) groups excluding carboxylic acids is 1. The van der Waals surface area contributed by atoms with E-state index < -0.39 is 0 Å². The van der Waals surface area contributed by atoms with Crippen LogP contribution in [0.1, 0.15) is 30.9 Å². The lowest BCUT2D eigenvalue weighted by atomic mass is 10.2. The number of aryl methyl sites for hydroxylation is 1. The highest BCUT2D eigenvalue weighted by Gasteiger charge is 2.24. The SMILES string of the molecule is COc1cccc(NC(=O)N(Cc2nnc3n2CCCCC3)c2ccccc2OC)c1. The number of anilines is 2. The van der Waals surface area contributed by atoms with Crippen LogP contribution in [0.25, 0.3) is 0 Å². The van der Waals surface area contributed by atoms with Gasteiger partial charge in [0.25, 0.3) is 0 Å². The van der Waals surface area contributed by atoms with Crippen LogP contribution >= 0.6 is 0 Å². The molecule has 8 heteroatoms. The van der Waals surface area contributed by atoms with E-state index in [4.69, 9.17) is 9.47 Å². The standard InChI is InChI=1S/C23H27N5O3/c1-30-18-10-8-9-17(15-18)24-23(29)28(19-11-5-6-12-20(19)31-2)16-22-26-25-21-13-4-3-7-14-27(21)22/h5-6,8-12,15H,3-4,7,13-14,16H2,1-2H3,(H,24,29). The molecule has 0 atom stereocenters. The fraction of sp³-hybridized carbons (Fsp3) is 0.348. The molecule has 162 valence electrons. The van der Waals surface area contributed by atoms with Gasteiger partial charge in [-0.3, -0.25) is 4.90 Å². The van der Waals surface area contributed by atoms with Crippen LogP contribution in [-0.4, -0.2) is 35.0 Å². The second kappa shape index (κ2) is 9.51. The average molecular weight is 422 g/mol. The molecule has 0 aliphatic carbocycles. The largest absolute Gasteiger partial charge is 0.497 e. The van der Waals surface area contributed by atoms with Crippen molar-refractivity contribution in [1.29, 1.82) is 0 Å². The second-order valence-corrected chi connectivity index (χ2v) is 7.41. The van der Waals surface area contributed by atoms with Crippen molar-refractivity contribution in [3.05, 3.63) is 60.2 Å². The number of aromatic nitrogens is 3. The minimum absolute atomic E-state index is 0.281. The van der Waals surface area contributed by atoms with E-state index in [1.807, 2.05) is 42.5 Å². The van der Waals surface area contributed by atoms with Gasteiger partial charge in [-0.1, -0.05) is 24.6 Å². The van der Waals surface area contributed by atoms with Gasteiger partial charge < -0.3 is 19.4 Å². The van der Waals surface area contributed by atoms with E-state index in [1.165, 1.54) is 6.42 Å². The van der Waals surface area contributed by atoms with Crippen molar-refractivity contribution in [2.45, 2.75) is 38.8 Å². The normalized spacial score (nSPS) is 13.1. The predicted octanol–water partition coefficient (Wildman–Crippen LogP) is 4.26. The molecule has 0 saturated carbocycles. The topological polar surface area (TPSA) is 81.5 Å². The summed E-state index contributed by atoms with van der Waals surface area (Å²) in [6.45, 7) is 1.15. The molecule has 0 unspecified atom stereocenters. The number of hydrogen-bond acceptors (Lipinski definition) is 5. The highest BCUT2D eigenvalue weighted by Crippen LogP contribution is 2.30. The second-order valence-electron chi connectivity index (χ2n) is 7.41. The van der Waals surface area contributed by atoms with Gasteiger partial charge in [0.05, 0.1) is 26.5 Å². The van der Waals surface area contributed by atoms with Crippen LogP contribution in [0.2, 0.25) is 0 Å². The molecule has 1 aliphatic rings. The van der Waals surface area contributed by atoms with Crippen LogP contribution in [0.4, 0.5) is 16.2 Å². The number of rotatable bonds is 6. The first-order chi connectivity index (χ1) is 15.2. The molecule has 2 aromatic carbocycles. The Labute approximate surface area is 181 Å². The van der Waals surface area contributed by atoms with Crippen molar-refractivity contribution in [3.63, 3.8) is 0 Å². The molecule has 0 bridgehead atoms. The Morgan fingerprint density at radius 1 is 1.06 bits per heavy atom. The Hall–Kier alpha value is -3.55. The maximum absolute atomic E-state index is 13.4. The summed E-state index contributed by atoms with van der Waals surface area (Å²) in [5.74, 6) is 3.03. The van der Waals surface area contributed by atoms with E-state index in [0.29, 0.717) is 22.9 Å². The van der Waals surface area contributed by atoms with Gasteiger partial charge in [0.1, 0.15) is 17.3 Å². The number of urea groups is 1. The van der Waals surface area contributed by atoms with Gasteiger partial charge in [-0.25, -0.2) is 4.79 Å². The Kier molecular flexibility index (Phi) is 6.35. The van der Waals surface area contributed by atoms with Gasteiger partial charge in [-0.05, 0) is 37.1 Å². The maximum atomic E-state index is 13.4. The van der Waals surface area contributed by atoms with Crippen LogP contribution < -0.4 is 19.7 Å². The predicted molar refractivity (Wildman–Crippen MR) is 119 cm³/mol. The zero-order chi connectivity index (χ0) is 21.6. The number of hydrogen-bond donors (Lipinski definition) is 1. The fourth-order valence-corrected chi connectivity index (χ4v) is 3.81. The Balaban J connectivity index is 1.66. The molecule has 0 saturated heterocycles. The van der Waals surface area contributed by atoms with E-state index in [2.05, 4.69) is 20.1 Å². The maximum Gasteiger partial charge on any atom is 0.326 e. The van der Waals surface area contributed by atoms with Crippen molar-refractivity contribution in [2.24, 2.45) is 0 Å². The molecule has 2 heterocycles. The van der Waals surface area contributed by atoms with Gasteiger partial charge in [-0.15, -0.1) is 10.2 Å². The lowest BCUT2D eigenvalue weighted by Gasteiger charge is -2.25. The van der Waals surface area contributed by atoms with Gasteiger partial charge >= 0.3 is 6.03 Å². The summed E-state index contributed by atoms with van der Waals surface area (Å²) in [6.07, 6.45) is 4.29. The number of methoxy groups -OCH3 is 2. The molecular weight excluding hydrogens is 394 g/mol. The van der Waals surface area contributed by atoms with E-state index in [1.54, 1.807) is 25.2 Å². The molecule has 4 rings (SSSR count). The average Bonchev–Trinajstić information content (AvgIpc) is 3.02. The number of benzene rings is 2. The Morgan fingerprint density at radius 3 is 2.77 bits per heavy atom. The number of nitrogens with zero attached hydrogens (tertiary/aromatic N) is 4. The third-order valence-corrected chi connectivity index (χ3v) is 5.43. The number of fused-ring (bicyclic) bond motifs is 1. The van der Waals surface area contributed by atoms with E-state index >= 15 is 0 Å². The first-order valence-electron chi connectivity index (χ1n) is 10.5. The molecule has 1 aliphatic heterocycles. The third kappa shape index (κ3) is 4.63. The Morgan fingerprint density at radius 2 is 1.94 bits per heavy atom. The van der Waals surface area contributed by atoms with Crippen LogP contribution in [0.3, 0.4) is 0 Å².